The van der Waals surface area contributed by atoms with Gasteiger partial charge in [0.2, 0.25) is 5.91 Å². The van der Waals surface area contributed by atoms with Crippen molar-refractivity contribution in [3.05, 3.63) is 17.0 Å². The minimum Gasteiger partial charge on any atom is -0.355 e. The second kappa shape index (κ2) is 7.99. The highest BCUT2D eigenvalue weighted by Gasteiger charge is 2.20. The maximum atomic E-state index is 11.8. The van der Waals surface area contributed by atoms with E-state index < -0.39 is 0 Å². The van der Waals surface area contributed by atoms with Crippen molar-refractivity contribution in [3.63, 3.8) is 0 Å². The van der Waals surface area contributed by atoms with Crippen molar-refractivity contribution in [2.45, 2.75) is 41.2 Å². The molecule has 0 spiro atoms. The first kappa shape index (κ1) is 19.0. The summed E-state index contributed by atoms with van der Waals surface area (Å²) >= 11 is 0. The predicted octanol–water partition coefficient (Wildman–Crippen LogP) is 0.864. The molecule has 1 aromatic heterocycles. The van der Waals surface area contributed by atoms with Crippen molar-refractivity contribution in [2.75, 3.05) is 20.1 Å². The van der Waals surface area contributed by atoms with Crippen molar-refractivity contribution in [2.24, 2.45) is 17.5 Å². The van der Waals surface area contributed by atoms with Gasteiger partial charge in [-0.1, -0.05) is 20.8 Å². The van der Waals surface area contributed by atoms with Crippen molar-refractivity contribution in [1.82, 2.24) is 25.7 Å². The SMILES string of the molecule is CN=C(NCCNC(=O)C(C)(C)C)NCc1c(C)nn(C)c1C. The van der Waals surface area contributed by atoms with Crippen LogP contribution in [0.5, 0.6) is 0 Å². The van der Waals surface area contributed by atoms with Gasteiger partial charge >= 0.3 is 0 Å². The molecule has 0 aliphatic rings. The summed E-state index contributed by atoms with van der Waals surface area (Å²) in [5.41, 5.74) is 2.97. The summed E-state index contributed by atoms with van der Waals surface area (Å²) in [4.78, 5) is 16.0. The first-order valence-corrected chi connectivity index (χ1v) is 7.88. The normalized spacial score (nSPS) is 12.2. The van der Waals surface area contributed by atoms with Gasteiger partial charge in [0.05, 0.1) is 5.69 Å². The van der Waals surface area contributed by atoms with E-state index in [2.05, 4.69) is 33.0 Å². The fourth-order valence-electron chi connectivity index (χ4n) is 2.09. The number of aryl methyl sites for hydroxylation is 2. The van der Waals surface area contributed by atoms with Crippen LogP contribution >= 0.6 is 0 Å². The first-order valence-electron chi connectivity index (χ1n) is 7.88. The number of amides is 1. The molecule has 0 saturated heterocycles. The highest BCUT2D eigenvalue weighted by Crippen LogP contribution is 2.12. The number of nitrogens with zero attached hydrogens (tertiary/aromatic N) is 3. The van der Waals surface area contributed by atoms with Crippen molar-refractivity contribution in [1.29, 1.82) is 0 Å². The first-order chi connectivity index (χ1) is 10.7. The van der Waals surface area contributed by atoms with E-state index in [9.17, 15) is 4.79 Å². The minimum absolute atomic E-state index is 0.0452. The van der Waals surface area contributed by atoms with Crippen LogP contribution in [0, 0.1) is 19.3 Å². The van der Waals surface area contributed by atoms with E-state index in [1.807, 2.05) is 39.4 Å². The summed E-state index contributed by atoms with van der Waals surface area (Å²) in [6, 6.07) is 0. The average molecular weight is 322 g/mol. The third kappa shape index (κ3) is 5.58. The Morgan fingerprint density at radius 2 is 1.78 bits per heavy atom. The summed E-state index contributed by atoms with van der Waals surface area (Å²) < 4.78 is 1.88. The Balaban J connectivity index is 2.40. The van der Waals surface area contributed by atoms with E-state index in [4.69, 9.17) is 0 Å². The standard InChI is InChI=1S/C16H30N6O/c1-11-13(12(2)22(7)21-11)10-20-15(17-6)19-9-8-18-14(23)16(3,4)5/h8-10H2,1-7H3,(H,18,23)(H2,17,19,20). The summed E-state index contributed by atoms with van der Waals surface area (Å²) in [6.07, 6.45) is 0. The molecular weight excluding hydrogens is 292 g/mol. The third-order valence-electron chi connectivity index (χ3n) is 3.70. The second-order valence-electron chi connectivity index (χ2n) is 6.63. The molecule has 0 atom stereocenters. The van der Waals surface area contributed by atoms with Crippen LogP contribution in [0.1, 0.15) is 37.7 Å². The Morgan fingerprint density at radius 3 is 2.26 bits per heavy atom. The van der Waals surface area contributed by atoms with E-state index in [-0.39, 0.29) is 11.3 Å². The van der Waals surface area contributed by atoms with E-state index in [0.717, 1.165) is 11.4 Å². The van der Waals surface area contributed by atoms with Gasteiger partial charge in [0.15, 0.2) is 5.96 Å². The topological polar surface area (TPSA) is 83.3 Å². The van der Waals surface area contributed by atoms with Crippen LogP contribution in [0.15, 0.2) is 4.99 Å². The molecule has 1 heterocycles. The molecule has 0 bridgehead atoms. The number of nitrogens with one attached hydrogen (secondary N) is 3. The van der Waals surface area contributed by atoms with Crippen LogP contribution in [-0.4, -0.2) is 41.8 Å². The van der Waals surface area contributed by atoms with Gasteiger partial charge in [-0.3, -0.25) is 14.5 Å². The lowest BCUT2D eigenvalue weighted by Crippen LogP contribution is -2.43. The molecule has 0 aliphatic heterocycles. The zero-order valence-corrected chi connectivity index (χ0v) is 15.4. The highest BCUT2D eigenvalue weighted by molar-refractivity contribution is 5.81. The number of carbonyl (C=O) groups excluding carboxylic acids is 1. The molecule has 1 amide bonds. The molecule has 0 fully saturated rings. The van der Waals surface area contributed by atoms with Gasteiger partial charge in [-0.05, 0) is 13.8 Å². The molecule has 3 N–H and O–H groups in total. The quantitative estimate of drug-likeness (QED) is 0.427. The smallest absolute Gasteiger partial charge is 0.225 e. The molecule has 7 nitrogen and oxygen atoms in total. The lowest BCUT2D eigenvalue weighted by Gasteiger charge is -2.18. The Bertz CT molecular complexity index is 568. The van der Waals surface area contributed by atoms with Gasteiger partial charge in [0.1, 0.15) is 0 Å². The zero-order chi connectivity index (χ0) is 17.6. The summed E-state index contributed by atoms with van der Waals surface area (Å²) in [5, 5.41) is 13.8. The fourth-order valence-corrected chi connectivity index (χ4v) is 2.09. The van der Waals surface area contributed by atoms with Crippen LogP contribution < -0.4 is 16.0 Å². The summed E-state index contributed by atoms with van der Waals surface area (Å²) in [6.45, 7) is 11.6. The van der Waals surface area contributed by atoms with Crippen molar-refractivity contribution >= 4 is 11.9 Å². The summed E-state index contributed by atoms with van der Waals surface area (Å²) in [5.74, 6) is 0.751. The zero-order valence-electron chi connectivity index (χ0n) is 15.4. The molecule has 1 aromatic rings. The minimum atomic E-state index is -0.366. The lowest BCUT2D eigenvalue weighted by atomic mass is 9.96. The largest absolute Gasteiger partial charge is 0.355 e. The van der Waals surface area contributed by atoms with Gasteiger partial charge in [-0.15, -0.1) is 0 Å². The maximum Gasteiger partial charge on any atom is 0.225 e. The second-order valence-corrected chi connectivity index (χ2v) is 6.63. The monoisotopic (exact) mass is 322 g/mol. The van der Waals surface area contributed by atoms with Crippen molar-refractivity contribution in [3.8, 4) is 0 Å². The Hall–Kier alpha value is -2.05. The average Bonchev–Trinajstić information content (AvgIpc) is 2.70. The molecule has 1 rings (SSSR count). The molecule has 0 radical (unpaired) electrons. The predicted molar refractivity (Wildman–Crippen MR) is 93.3 cm³/mol. The fraction of sp³-hybridized carbons (Fsp3) is 0.688. The van der Waals surface area contributed by atoms with Crippen LogP contribution in [0.3, 0.4) is 0 Å². The van der Waals surface area contributed by atoms with E-state index in [0.29, 0.717) is 25.6 Å². The number of aliphatic imine (C=N–C) groups is 1. The van der Waals surface area contributed by atoms with Crippen LogP contribution in [0.25, 0.3) is 0 Å². The highest BCUT2D eigenvalue weighted by atomic mass is 16.2. The lowest BCUT2D eigenvalue weighted by molar-refractivity contribution is -0.128. The third-order valence-corrected chi connectivity index (χ3v) is 3.70. The van der Waals surface area contributed by atoms with Crippen LogP contribution in [-0.2, 0) is 18.4 Å². The van der Waals surface area contributed by atoms with Gasteiger partial charge in [0, 0.05) is 50.4 Å². The molecule has 0 aromatic carbocycles. The van der Waals surface area contributed by atoms with Gasteiger partial charge in [-0.2, -0.15) is 5.10 Å². The molecular formula is C16H30N6O. The number of aromatic nitrogens is 2. The van der Waals surface area contributed by atoms with Gasteiger partial charge in [-0.25, -0.2) is 0 Å². The Labute approximate surface area is 138 Å². The van der Waals surface area contributed by atoms with E-state index >= 15 is 0 Å². The summed E-state index contributed by atoms with van der Waals surface area (Å²) in [7, 11) is 3.67. The Kier molecular flexibility index (Phi) is 6.60. The van der Waals surface area contributed by atoms with Crippen LogP contribution in [0.4, 0.5) is 0 Å². The molecule has 0 saturated carbocycles. The maximum absolute atomic E-state index is 11.8. The number of guanidine groups is 1. The number of hydrogen-bond donors (Lipinski definition) is 3. The van der Waals surface area contributed by atoms with Crippen molar-refractivity contribution < 1.29 is 4.79 Å². The molecule has 130 valence electrons. The number of carbonyl (C=O) groups is 1. The number of hydrogen-bond acceptors (Lipinski definition) is 3. The number of rotatable bonds is 5. The van der Waals surface area contributed by atoms with E-state index in [1.54, 1.807) is 7.05 Å². The molecule has 23 heavy (non-hydrogen) atoms. The molecule has 0 aliphatic carbocycles. The molecule has 0 unspecified atom stereocenters. The molecule has 7 heteroatoms. The van der Waals surface area contributed by atoms with Gasteiger partial charge < -0.3 is 16.0 Å². The Morgan fingerprint density at radius 1 is 1.17 bits per heavy atom. The van der Waals surface area contributed by atoms with Gasteiger partial charge in [0.25, 0.3) is 0 Å². The van der Waals surface area contributed by atoms with E-state index in [1.165, 1.54) is 5.56 Å². The van der Waals surface area contributed by atoms with Crippen LogP contribution in [0.2, 0.25) is 0 Å².